The van der Waals surface area contributed by atoms with Gasteiger partial charge in [-0.15, -0.1) is 11.6 Å². The molecule has 1 unspecified atom stereocenters. The average molecular weight is 285 g/mol. The van der Waals surface area contributed by atoms with Crippen LogP contribution in [0, 0.1) is 0 Å². The SMILES string of the molecule is O=P(O)(O)C(Cl)c1ccc(Br)cc1. The van der Waals surface area contributed by atoms with E-state index in [1.807, 2.05) is 0 Å². The summed E-state index contributed by atoms with van der Waals surface area (Å²) in [5.41, 5.74) is 0.415. The molecular weight excluding hydrogens is 278 g/mol. The van der Waals surface area contributed by atoms with Crippen LogP contribution in [-0.2, 0) is 4.57 Å². The van der Waals surface area contributed by atoms with Crippen molar-refractivity contribution in [3.8, 4) is 0 Å². The van der Waals surface area contributed by atoms with Crippen LogP contribution in [0.4, 0.5) is 0 Å². The number of benzene rings is 1. The Morgan fingerprint density at radius 2 is 1.77 bits per heavy atom. The molecule has 0 radical (unpaired) electrons. The molecular formula is C7H7BrClO3P. The van der Waals surface area contributed by atoms with Crippen molar-refractivity contribution in [3.63, 3.8) is 0 Å². The Labute approximate surface area is 89.0 Å². The third-order valence-electron chi connectivity index (χ3n) is 1.44. The normalized spacial score (nSPS) is 14.2. The molecule has 3 nitrogen and oxygen atoms in total. The summed E-state index contributed by atoms with van der Waals surface area (Å²) in [4.78, 5) is 17.6. The van der Waals surface area contributed by atoms with Gasteiger partial charge in [-0.25, -0.2) is 0 Å². The van der Waals surface area contributed by atoms with E-state index in [0.717, 1.165) is 4.47 Å². The largest absolute Gasteiger partial charge is 0.347 e. The van der Waals surface area contributed by atoms with E-state index in [2.05, 4.69) is 15.9 Å². The molecule has 0 bridgehead atoms. The maximum Gasteiger partial charge on any atom is 0.347 e. The van der Waals surface area contributed by atoms with Crippen LogP contribution in [0.3, 0.4) is 0 Å². The Morgan fingerprint density at radius 1 is 1.31 bits per heavy atom. The highest BCUT2D eigenvalue weighted by Crippen LogP contribution is 2.54. The zero-order valence-corrected chi connectivity index (χ0v) is 9.63. The van der Waals surface area contributed by atoms with E-state index in [1.54, 1.807) is 24.3 Å². The smallest absolute Gasteiger partial charge is 0.323 e. The first-order valence-electron chi connectivity index (χ1n) is 3.36. The van der Waals surface area contributed by atoms with E-state index in [9.17, 15) is 4.57 Å². The first-order chi connectivity index (χ1) is 5.91. The lowest BCUT2D eigenvalue weighted by molar-refractivity contribution is 0.370. The standard InChI is InChI=1S/C7H7BrClO3P/c8-6-3-1-5(2-4-6)7(9)13(10,11)12/h1-4,7H,(H2,10,11,12). The van der Waals surface area contributed by atoms with Crippen molar-refractivity contribution < 1.29 is 14.4 Å². The lowest BCUT2D eigenvalue weighted by atomic mass is 10.2. The molecule has 0 aliphatic heterocycles. The molecule has 0 aliphatic rings. The average Bonchev–Trinajstić information content (AvgIpc) is 2.03. The lowest BCUT2D eigenvalue weighted by Gasteiger charge is -2.11. The molecule has 1 aromatic rings. The number of hydrogen-bond acceptors (Lipinski definition) is 1. The minimum absolute atomic E-state index is 0.415. The molecule has 72 valence electrons. The molecule has 0 saturated carbocycles. The molecule has 0 heterocycles. The predicted molar refractivity (Wildman–Crippen MR) is 54.8 cm³/mol. The third-order valence-corrected chi connectivity index (χ3v) is 3.87. The van der Waals surface area contributed by atoms with E-state index >= 15 is 0 Å². The summed E-state index contributed by atoms with van der Waals surface area (Å²) in [6.07, 6.45) is 0. The topological polar surface area (TPSA) is 57.5 Å². The van der Waals surface area contributed by atoms with Crippen LogP contribution < -0.4 is 0 Å². The number of alkyl halides is 1. The van der Waals surface area contributed by atoms with Crippen LogP contribution in [-0.4, -0.2) is 9.79 Å². The highest BCUT2D eigenvalue weighted by atomic mass is 79.9. The Balaban J connectivity index is 2.97. The number of rotatable bonds is 2. The van der Waals surface area contributed by atoms with Gasteiger partial charge in [0, 0.05) is 4.47 Å². The van der Waals surface area contributed by atoms with Gasteiger partial charge in [-0.1, -0.05) is 28.1 Å². The van der Waals surface area contributed by atoms with Gasteiger partial charge in [-0.2, -0.15) is 0 Å². The second kappa shape index (κ2) is 4.11. The van der Waals surface area contributed by atoms with Crippen LogP contribution in [0.1, 0.15) is 10.7 Å². The predicted octanol–water partition coefficient (Wildman–Crippen LogP) is 2.86. The minimum Gasteiger partial charge on any atom is -0.323 e. The highest BCUT2D eigenvalue weighted by Gasteiger charge is 2.27. The molecule has 2 N–H and O–H groups in total. The van der Waals surface area contributed by atoms with Gasteiger partial charge >= 0.3 is 7.60 Å². The maximum atomic E-state index is 10.8. The first-order valence-corrected chi connectivity index (χ1v) is 6.27. The fourth-order valence-electron chi connectivity index (χ4n) is 0.816. The Morgan fingerprint density at radius 3 is 2.15 bits per heavy atom. The summed E-state index contributed by atoms with van der Waals surface area (Å²) < 4.78 is 11.6. The fourth-order valence-corrected chi connectivity index (χ4v) is 1.79. The Kier molecular flexibility index (Phi) is 3.55. The molecule has 1 aromatic carbocycles. The molecule has 6 heteroatoms. The van der Waals surface area contributed by atoms with Gasteiger partial charge in [-0.3, -0.25) is 4.57 Å². The summed E-state index contributed by atoms with van der Waals surface area (Å²) in [5, 5.41) is -1.26. The van der Waals surface area contributed by atoms with Crippen molar-refractivity contribution in [1.82, 2.24) is 0 Å². The molecule has 0 aliphatic carbocycles. The molecule has 0 saturated heterocycles. The van der Waals surface area contributed by atoms with E-state index in [1.165, 1.54) is 0 Å². The minimum atomic E-state index is -4.24. The van der Waals surface area contributed by atoms with E-state index in [-0.39, 0.29) is 0 Å². The van der Waals surface area contributed by atoms with Crippen molar-refractivity contribution in [3.05, 3.63) is 34.3 Å². The van der Waals surface area contributed by atoms with Gasteiger partial charge in [0.2, 0.25) is 0 Å². The van der Waals surface area contributed by atoms with Gasteiger partial charge in [-0.05, 0) is 17.7 Å². The van der Waals surface area contributed by atoms with Crippen LogP contribution >= 0.6 is 35.1 Å². The molecule has 0 fully saturated rings. The quantitative estimate of drug-likeness (QED) is 0.649. The number of hydrogen-bond donors (Lipinski definition) is 2. The molecule has 13 heavy (non-hydrogen) atoms. The molecule has 1 atom stereocenters. The maximum absolute atomic E-state index is 10.8. The van der Waals surface area contributed by atoms with E-state index in [4.69, 9.17) is 21.4 Å². The Bertz CT molecular complexity index is 334. The molecule has 1 rings (SSSR count). The van der Waals surface area contributed by atoms with Gasteiger partial charge in [0.05, 0.1) is 0 Å². The zero-order valence-electron chi connectivity index (χ0n) is 6.39. The third kappa shape index (κ3) is 3.08. The summed E-state index contributed by atoms with van der Waals surface area (Å²) in [7, 11) is -4.24. The number of halogens is 2. The summed E-state index contributed by atoms with van der Waals surface area (Å²) in [6.45, 7) is 0. The van der Waals surface area contributed by atoms with Crippen LogP contribution in [0.2, 0.25) is 0 Å². The van der Waals surface area contributed by atoms with Crippen molar-refractivity contribution in [1.29, 1.82) is 0 Å². The highest BCUT2D eigenvalue weighted by molar-refractivity contribution is 9.10. The van der Waals surface area contributed by atoms with Gasteiger partial charge in [0.1, 0.15) is 0 Å². The van der Waals surface area contributed by atoms with Crippen LogP contribution in [0.5, 0.6) is 0 Å². The first kappa shape index (κ1) is 11.2. The zero-order chi connectivity index (χ0) is 10.1. The van der Waals surface area contributed by atoms with Crippen molar-refractivity contribution in [2.24, 2.45) is 0 Å². The molecule has 0 aromatic heterocycles. The van der Waals surface area contributed by atoms with Crippen LogP contribution in [0.25, 0.3) is 0 Å². The lowest BCUT2D eigenvalue weighted by Crippen LogP contribution is -1.91. The van der Waals surface area contributed by atoms with E-state index in [0.29, 0.717) is 5.56 Å². The molecule has 0 amide bonds. The summed E-state index contributed by atoms with van der Waals surface area (Å²) >= 11 is 8.76. The second-order valence-corrected chi connectivity index (χ2v) is 5.83. The van der Waals surface area contributed by atoms with Gasteiger partial charge < -0.3 is 9.79 Å². The van der Waals surface area contributed by atoms with Crippen LogP contribution in [0.15, 0.2) is 28.7 Å². The summed E-state index contributed by atoms with van der Waals surface area (Å²) in [5.74, 6) is 0. The monoisotopic (exact) mass is 284 g/mol. The van der Waals surface area contributed by atoms with Crippen molar-refractivity contribution in [2.75, 3.05) is 0 Å². The van der Waals surface area contributed by atoms with Crippen molar-refractivity contribution >= 4 is 35.1 Å². The van der Waals surface area contributed by atoms with E-state index < -0.39 is 12.7 Å². The van der Waals surface area contributed by atoms with Gasteiger partial charge in [0.25, 0.3) is 0 Å². The van der Waals surface area contributed by atoms with Crippen molar-refractivity contribution in [2.45, 2.75) is 5.12 Å². The second-order valence-electron chi connectivity index (χ2n) is 2.48. The molecule has 0 spiro atoms. The Hall–Kier alpha value is 0.140. The van der Waals surface area contributed by atoms with Gasteiger partial charge in [0.15, 0.2) is 5.12 Å². The fraction of sp³-hybridized carbons (Fsp3) is 0.143. The summed E-state index contributed by atoms with van der Waals surface area (Å²) in [6, 6.07) is 6.50.